The van der Waals surface area contributed by atoms with Crippen LogP contribution in [-0.4, -0.2) is 31.8 Å². The lowest BCUT2D eigenvalue weighted by Gasteiger charge is -2.17. The molecule has 0 radical (unpaired) electrons. The predicted octanol–water partition coefficient (Wildman–Crippen LogP) is 2.74. The van der Waals surface area contributed by atoms with Crippen molar-refractivity contribution in [3.8, 4) is 0 Å². The Morgan fingerprint density at radius 3 is 2.40 bits per heavy atom. The topological polar surface area (TPSA) is 105 Å². The molecule has 30 heavy (non-hydrogen) atoms. The number of amides is 2. The van der Waals surface area contributed by atoms with E-state index in [4.69, 9.17) is 11.6 Å². The molecule has 2 aromatic heterocycles. The van der Waals surface area contributed by atoms with Crippen molar-refractivity contribution < 1.29 is 18.0 Å². The summed E-state index contributed by atoms with van der Waals surface area (Å²) in [6.07, 6.45) is 3.17. The van der Waals surface area contributed by atoms with Gasteiger partial charge in [0.2, 0.25) is 0 Å². The van der Waals surface area contributed by atoms with Gasteiger partial charge in [0.05, 0.1) is 4.90 Å². The number of aromatic nitrogens is 1. The summed E-state index contributed by atoms with van der Waals surface area (Å²) in [5.41, 5.74) is 0.737. The predicted molar refractivity (Wildman–Crippen MR) is 115 cm³/mol. The fraction of sp³-hybridized carbons (Fsp3) is 0.150. The molecule has 3 aromatic rings. The molecule has 10 heteroatoms. The molecular formula is C20H18ClN3O4S2. The van der Waals surface area contributed by atoms with Gasteiger partial charge in [-0.1, -0.05) is 23.7 Å². The normalized spacial score (nSPS) is 12.2. The van der Waals surface area contributed by atoms with Crippen molar-refractivity contribution in [2.24, 2.45) is 0 Å². The number of rotatable bonds is 7. The molecule has 0 unspecified atom stereocenters. The number of thiophene rings is 1. The Morgan fingerprint density at radius 2 is 1.77 bits per heavy atom. The molecule has 0 aliphatic heterocycles. The van der Waals surface area contributed by atoms with Gasteiger partial charge in [0, 0.05) is 35.4 Å². The van der Waals surface area contributed by atoms with Gasteiger partial charge in [0.1, 0.15) is 5.25 Å². The average molecular weight is 464 g/mol. The SMILES string of the molecule is O=C(NCc1cccnc1)C(=O)NC[C@@H](c1cccs1)S(=O)(=O)c1ccc(Cl)cc1. The summed E-state index contributed by atoms with van der Waals surface area (Å²) < 4.78 is 26.3. The number of hydrogen-bond donors (Lipinski definition) is 2. The smallest absolute Gasteiger partial charge is 0.309 e. The second kappa shape index (κ2) is 9.84. The molecule has 2 amide bonds. The number of benzene rings is 1. The van der Waals surface area contributed by atoms with Crippen LogP contribution in [0.25, 0.3) is 0 Å². The van der Waals surface area contributed by atoms with Crippen molar-refractivity contribution in [3.63, 3.8) is 0 Å². The van der Waals surface area contributed by atoms with Crippen molar-refractivity contribution in [1.82, 2.24) is 15.6 Å². The summed E-state index contributed by atoms with van der Waals surface area (Å²) in [5.74, 6) is -1.76. The minimum absolute atomic E-state index is 0.0839. The summed E-state index contributed by atoms with van der Waals surface area (Å²) in [6, 6.07) is 12.7. The van der Waals surface area contributed by atoms with Gasteiger partial charge in [0.15, 0.2) is 9.84 Å². The lowest BCUT2D eigenvalue weighted by atomic mass is 10.3. The molecule has 1 aromatic carbocycles. The third-order valence-corrected chi connectivity index (χ3v) is 7.69. The quantitative estimate of drug-likeness (QED) is 0.524. The number of carbonyl (C=O) groups is 2. The second-order valence-electron chi connectivity index (χ2n) is 6.26. The van der Waals surface area contributed by atoms with E-state index in [-0.39, 0.29) is 18.0 Å². The molecule has 0 bridgehead atoms. The minimum atomic E-state index is -3.82. The lowest BCUT2D eigenvalue weighted by Crippen LogP contribution is -2.42. The van der Waals surface area contributed by atoms with Crippen LogP contribution in [0.4, 0.5) is 0 Å². The van der Waals surface area contributed by atoms with Gasteiger partial charge in [0.25, 0.3) is 0 Å². The van der Waals surface area contributed by atoms with Crippen molar-refractivity contribution >= 4 is 44.6 Å². The molecule has 3 rings (SSSR count). The maximum absolute atomic E-state index is 13.1. The van der Waals surface area contributed by atoms with Crippen LogP contribution in [-0.2, 0) is 26.0 Å². The van der Waals surface area contributed by atoms with Crippen LogP contribution in [0.15, 0.2) is 71.2 Å². The zero-order valence-electron chi connectivity index (χ0n) is 15.6. The fourth-order valence-electron chi connectivity index (χ4n) is 2.66. The van der Waals surface area contributed by atoms with E-state index in [1.54, 1.807) is 42.0 Å². The van der Waals surface area contributed by atoms with Crippen LogP contribution in [0.2, 0.25) is 5.02 Å². The van der Waals surface area contributed by atoms with Crippen molar-refractivity contribution in [2.45, 2.75) is 16.7 Å². The molecular weight excluding hydrogens is 446 g/mol. The first-order chi connectivity index (χ1) is 14.4. The Labute approximate surface area is 183 Å². The van der Waals surface area contributed by atoms with Crippen molar-refractivity contribution in [2.75, 3.05) is 6.54 Å². The molecule has 0 aliphatic rings. The van der Waals surface area contributed by atoms with Gasteiger partial charge >= 0.3 is 11.8 Å². The van der Waals surface area contributed by atoms with E-state index in [9.17, 15) is 18.0 Å². The second-order valence-corrected chi connectivity index (χ2v) is 9.80. The van der Waals surface area contributed by atoms with Crippen LogP contribution < -0.4 is 10.6 Å². The van der Waals surface area contributed by atoms with Gasteiger partial charge in [-0.05, 0) is 47.3 Å². The molecule has 0 aliphatic carbocycles. The van der Waals surface area contributed by atoms with Crippen LogP contribution in [0.3, 0.4) is 0 Å². The van der Waals surface area contributed by atoms with E-state index in [2.05, 4.69) is 15.6 Å². The number of nitrogens with zero attached hydrogens (tertiary/aromatic N) is 1. The molecule has 2 heterocycles. The minimum Gasteiger partial charge on any atom is -0.346 e. The van der Waals surface area contributed by atoms with E-state index >= 15 is 0 Å². The van der Waals surface area contributed by atoms with Gasteiger partial charge in [-0.25, -0.2) is 8.42 Å². The summed E-state index contributed by atoms with van der Waals surface area (Å²) in [4.78, 5) is 28.8. The third kappa shape index (κ3) is 5.44. The molecule has 7 nitrogen and oxygen atoms in total. The summed E-state index contributed by atoms with van der Waals surface area (Å²) >= 11 is 7.11. The first-order valence-corrected chi connectivity index (χ1v) is 11.7. The first kappa shape index (κ1) is 21.9. The Kier molecular flexibility index (Phi) is 7.20. The first-order valence-electron chi connectivity index (χ1n) is 8.85. The number of nitrogens with one attached hydrogen (secondary N) is 2. The van der Waals surface area contributed by atoms with Gasteiger partial charge < -0.3 is 10.6 Å². The Bertz CT molecular complexity index is 1100. The van der Waals surface area contributed by atoms with Crippen LogP contribution >= 0.6 is 22.9 Å². The molecule has 156 valence electrons. The molecule has 0 saturated carbocycles. The highest BCUT2D eigenvalue weighted by Crippen LogP contribution is 2.31. The molecule has 1 atom stereocenters. The number of carbonyl (C=O) groups excluding carboxylic acids is 2. The highest BCUT2D eigenvalue weighted by atomic mass is 35.5. The monoisotopic (exact) mass is 463 g/mol. The standard InChI is InChI=1S/C20H18ClN3O4S2/c21-15-5-7-16(8-6-15)30(27,28)18(17-4-2-10-29-17)13-24-20(26)19(25)23-12-14-3-1-9-22-11-14/h1-11,18H,12-13H2,(H,23,25)(H,24,26)/t18-/m0/s1. The highest BCUT2D eigenvalue weighted by Gasteiger charge is 2.31. The van der Waals surface area contributed by atoms with Crippen LogP contribution in [0, 0.1) is 0 Å². The van der Waals surface area contributed by atoms with Crippen molar-refractivity contribution in [3.05, 3.63) is 81.8 Å². The van der Waals surface area contributed by atoms with E-state index in [1.807, 2.05) is 0 Å². The average Bonchev–Trinajstić information content (AvgIpc) is 3.27. The van der Waals surface area contributed by atoms with Crippen LogP contribution in [0.1, 0.15) is 15.7 Å². The van der Waals surface area contributed by atoms with E-state index in [1.165, 1.54) is 35.6 Å². The van der Waals surface area contributed by atoms with E-state index < -0.39 is 26.9 Å². The fourth-order valence-corrected chi connectivity index (χ4v) is 5.57. The Balaban J connectivity index is 1.69. The maximum Gasteiger partial charge on any atom is 0.309 e. The highest BCUT2D eigenvalue weighted by molar-refractivity contribution is 7.91. The number of pyridine rings is 1. The zero-order chi connectivity index (χ0) is 21.6. The Morgan fingerprint density at radius 1 is 1.03 bits per heavy atom. The number of sulfone groups is 1. The van der Waals surface area contributed by atoms with Crippen LogP contribution in [0.5, 0.6) is 0 Å². The third-order valence-electron chi connectivity index (χ3n) is 4.21. The molecule has 0 saturated heterocycles. The summed E-state index contributed by atoms with van der Waals surface area (Å²) in [7, 11) is -3.82. The van der Waals surface area contributed by atoms with E-state index in [0.717, 1.165) is 5.56 Å². The molecule has 2 N–H and O–H groups in total. The van der Waals surface area contributed by atoms with Gasteiger partial charge in [-0.15, -0.1) is 11.3 Å². The van der Waals surface area contributed by atoms with Gasteiger partial charge in [-0.2, -0.15) is 0 Å². The largest absolute Gasteiger partial charge is 0.346 e. The van der Waals surface area contributed by atoms with Gasteiger partial charge in [-0.3, -0.25) is 14.6 Å². The molecule has 0 fully saturated rings. The Hall–Kier alpha value is -2.75. The zero-order valence-corrected chi connectivity index (χ0v) is 18.0. The van der Waals surface area contributed by atoms with E-state index in [0.29, 0.717) is 9.90 Å². The van der Waals surface area contributed by atoms with Crippen molar-refractivity contribution in [1.29, 1.82) is 0 Å². The lowest BCUT2D eigenvalue weighted by molar-refractivity contribution is -0.139. The maximum atomic E-state index is 13.1. The molecule has 0 spiro atoms. The summed E-state index contributed by atoms with van der Waals surface area (Å²) in [6.45, 7) is -0.109. The summed E-state index contributed by atoms with van der Waals surface area (Å²) in [5, 5.41) is 6.05. The number of hydrogen-bond acceptors (Lipinski definition) is 6. The number of halogens is 1.